The van der Waals surface area contributed by atoms with Crippen LogP contribution in [-0.4, -0.2) is 18.6 Å². The van der Waals surface area contributed by atoms with Crippen LogP contribution in [0.15, 0.2) is 24.5 Å². The molecule has 0 spiro atoms. The van der Waals surface area contributed by atoms with E-state index in [0.717, 1.165) is 0 Å². The standard InChI is InChI=1S/C7H8BNO/c8-4-7(10)6-2-1-3-9-5-6/h1-3,5H,4,8H2. The van der Waals surface area contributed by atoms with Crippen LogP contribution in [0.25, 0.3) is 0 Å². The second-order valence-electron chi connectivity index (χ2n) is 2.02. The Morgan fingerprint density at radius 2 is 2.50 bits per heavy atom. The first-order valence-electron chi connectivity index (χ1n) is 3.28. The largest absolute Gasteiger partial charge is 0.295 e. The van der Waals surface area contributed by atoms with E-state index in [4.69, 9.17) is 0 Å². The van der Waals surface area contributed by atoms with Crippen LogP contribution >= 0.6 is 0 Å². The lowest BCUT2D eigenvalue weighted by molar-refractivity contribution is 0.101. The lowest BCUT2D eigenvalue weighted by Gasteiger charge is -1.92. The van der Waals surface area contributed by atoms with E-state index in [2.05, 4.69) is 4.98 Å². The van der Waals surface area contributed by atoms with E-state index >= 15 is 0 Å². The summed E-state index contributed by atoms with van der Waals surface area (Å²) >= 11 is 0. The third-order valence-electron chi connectivity index (χ3n) is 1.30. The van der Waals surface area contributed by atoms with Crippen molar-refractivity contribution in [2.24, 2.45) is 0 Å². The average molecular weight is 133 g/mol. The SMILES string of the molecule is BCC(=O)c1cccnc1. The van der Waals surface area contributed by atoms with Crippen LogP contribution in [0, 0.1) is 0 Å². The van der Waals surface area contributed by atoms with Crippen molar-refractivity contribution in [3.8, 4) is 0 Å². The topological polar surface area (TPSA) is 30.0 Å². The van der Waals surface area contributed by atoms with Crippen molar-refractivity contribution in [3.05, 3.63) is 30.1 Å². The fraction of sp³-hybridized carbons (Fsp3) is 0.143. The van der Waals surface area contributed by atoms with Gasteiger partial charge in [-0.3, -0.25) is 9.78 Å². The van der Waals surface area contributed by atoms with E-state index in [1.807, 2.05) is 7.85 Å². The van der Waals surface area contributed by atoms with Gasteiger partial charge in [0.2, 0.25) is 0 Å². The molecule has 1 aromatic heterocycles. The number of carbonyl (C=O) groups is 1. The maximum absolute atomic E-state index is 11.0. The van der Waals surface area contributed by atoms with Gasteiger partial charge in [-0.05, 0) is 18.5 Å². The zero-order valence-electron chi connectivity index (χ0n) is 5.87. The van der Waals surface area contributed by atoms with E-state index < -0.39 is 0 Å². The molecule has 0 N–H and O–H groups in total. The molecule has 1 aromatic rings. The van der Waals surface area contributed by atoms with Crippen LogP contribution in [0.3, 0.4) is 0 Å². The normalized spacial score (nSPS) is 9.20. The zero-order chi connectivity index (χ0) is 7.40. The van der Waals surface area contributed by atoms with E-state index in [1.165, 1.54) is 0 Å². The van der Waals surface area contributed by atoms with Gasteiger partial charge >= 0.3 is 0 Å². The van der Waals surface area contributed by atoms with Gasteiger partial charge in [-0.1, -0.05) is 0 Å². The van der Waals surface area contributed by atoms with Crippen molar-refractivity contribution in [3.63, 3.8) is 0 Å². The molecule has 0 saturated heterocycles. The van der Waals surface area contributed by atoms with Crippen LogP contribution in [-0.2, 0) is 0 Å². The Labute approximate surface area is 60.7 Å². The van der Waals surface area contributed by atoms with Crippen molar-refractivity contribution in [1.82, 2.24) is 4.98 Å². The molecular weight excluding hydrogens is 125 g/mol. The average Bonchev–Trinajstić information content (AvgIpc) is 2.05. The van der Waals surface area contributed by atoms with E-state index in [0.29, 0.717) is 11.9 Å². The summed E-state index contributed by atoms with van der Waals surface area (Å²) in [5.74, 6) is 0.146. The van der Waals surface area contributed by atoms with E-state index in [9.17, 15) is 4.79 Å². The second-order valence-corrected chi connectivity index (χ2v) is 2.02. The molecule has 0 saturated carbocycles. The first-order chi connectivity index (χ1) is 4.84. The number of nitrogens with zero attached hydrogens (tertiary/aromatic N) is 1. The molecular formula is C7H8BNO. The lowest BCUT2D eigenvalue weighted by Crippen LogP contribution is -1.96. The fourth-order valence-electron chi connectivity index (χ4n) is 0.732. The molecule has 0 unspecified atom stereocenters. The van der Waals surface area contributed by atoms with Gasteiger partial charge in [0.1, 0.15) is 7.85 Å². The number of rotatable bonds is 2. The van der Waals surface area contributed by atoms with Gasteiger partial charge in [-0.2, -0.15) is 0 Å². The third kappa shape index (κ3) is 1.44. The summed E-state index contributed by atoms with van der Waals surface area (Å²) in [6.45, 7) is 0. The van der Waals surface area contributed by atoms with Crippen LogP contribution in [0.4, 0.5) is 0 Å². The Balaban J connectivity index is 2.85. The van der Waals surface area contributed by atoms with Gasteiger partial charge in [0.05, 0.1) is 0 Å². The third-order valence-corrected chi connectivity index (χ3v) is 1.30. The van der Waals surface area contributed by atoms with Gasteiger partial charge in [0, 0.05) is 18.0 Å². The molecule has 0 amide bonds. The predicted molar refractivity (Wildman–Crippen MR) is 41.9 cm³/mol. The monoisotopic (exact) mass is 133 g/mol. The van der Waals surface area contributed by atoms with Crippen molar-refractivity contribution in [2.75, 3.05) is 0 Å². The molecule has 0 bridgehead atoms. The van der Waals surface area contributed by atoms with Crippen LogP contribution < -0.4 is 0 Å². The zero-order valence-corrected chi connectivity index (χ0v) is 5.87. The summed E-state index contributed by atoms with van der Waals surface area (Å²) in [6, 6.07) is 3.54. The molecule has 3 heteroatoms. The number of aromatic nitrogens is 1. The molecule has 1 rings (SSSR count). The van der Waals surface area contributed by atoms with Crippen LogP contribution in [0.1, 0.15) is 10.4 Å². The maximum atomic E-state index is 11.0. The van der Waals surface area contributed by atoms with Gasteiger partial charge < -0.3 is 0 Å². The molecule has 2 nitrogen and oxygen atoms in total. The molecule has 0 aliphatic rings. The fourth-order valence-corrected chi connectivity index (χ4v) is 0.732. The first kappa shape index (κ1) is 7.00. The minimum Gasteiger partial charge on any atom is -0.295 e. The van der Waals surface area contributed by atoms with Gasteiger partial charge in [-0.25, -0.2) is 0 Å². The smallest absolute Gasteiger partial charge is 0.156 e. The molecule has 0 aromatic carbocycles. The molecule has 1 heterocycles. The number of ketones is 1. The summed E-state index contributed by atoms with van der Waals surface area (Å²) in [5, 5.41) is 0. The Hall–Kier alpha value is -1.12. The Kier molecular flexibility index (Phi) is 2.21. The maximum Gasteiger partial charge on any atom is 0.156 e. The summed E-state index contributed by atoms with van der Waals surface area (Å²) in [4.78, 5) is 14.8. The summed E-state index contributed by atoms with van der Waals surface area (Å²) in [6.07, 6.45) is 3.80. The highest BCUT2D eigenvalue weighted by Gasteiger charge is 1.99. The molecule has 0 aliphatic carbocycles. The molecule has 0 atom stereocenters. The van der Waals surface area contributed by atoms with Gasteiger partial charge in [0.25, 0.3) is 0 Å². The minimum absolute atomic E-state index is 0.146. The Morgan fingerprint density at radius 1 is 1.70 bits per heavy atom. The molecule has 10 heavy (non-hydrogen) atoms. The van der Waals surface area contributed by atoms with Gasteiger partial charge in [0.15, 0.2) is 5.78 Å². The van der Waals surface area contributed by atoms with Crippen LogP contribution in [0.2, 0.25) is 6.32 Å². The van der Waals surface area contributed by atoms with Crippen molar-refractivity contribution in [1.29, 1.82) is 0 Å². The van der Waals surface area contributed by atoms with Crippen molar-refractivity contribution < 1.29 is 4.79 Å². The molecule has 0 fully saturated rings. The number of hydrogen-bond acceptors (Lipinski definition) is 2. The van der Waals surface area contributed by atoms with Gasteiger partial charge in [-0.15, -0.1) is 0 Å². The van der Waals surface area contributed by atoms with E-state index in [1.54, 1.807) is 24.5 Å². The highest BCUT2D eigenvalue weighted by atomic mass is 16.1. The summed E-state index contributed by atoms with van der Waals surface area (Å²) in [7, 11) is 1.84. The molecule has 0 aliphatic heterocycles. The molecule has 0 radical (unpaired) electrons. The number of carbonyl (C=O) groups excluding carboxylic acids is 1. The highest BCUT2D eigenvalue weighted by Crippen LogP contribution is 1.98. The lowest BCUT2D eigenvalue weighted by atomic mass is 9.97. The molecule has 50 valence electrons. The van der Waals surface area contributed by atoms with Crippen molar-refractivity contribution >= 4 is 13.6 Å². The van der Waals surface area contributed by atoms with E-state index in [-0.39, 0.29) is 5.78 Å². The minimum atomic E-state index is 0.146. The first-order valence-corrected chi connectivity index (χ1v) is 3.28. The Morgan fingerprint density at radius 3 is 3.00 bits per heavy atom. The van der Waals surface area contributed by atoms with Crippen molar-refractivity contribution in [2.45, 2.75) is 6.32 Å². The number of Topliss-reactive ketones (excluding diaryl/α,β-unsaturated/α-hetero) is 1. The Bertz CT molecular complexity index is 222. The second kappa shape index (κ2) is 3.15. The number of hydrogen-bond donors (Lipinski definition) is 0. The quantitative estimate of drug-likeness (QED) is 0.429. The van der Waals surface area contributed by atoms with Crippen LogP contribution in [0.5, 0.6) is 0 Å². The highest BCUT2D eigenvalue weighted by molar-refractivity contribution is 6.23. The number of pyridine rings is 1. The predicted octanol–water partition coefficient (Wildman–Crippen LogP) is 0.316. The summed E-state index contributed by atoms with van der Waals surface area (Å²) < 4.78 is 0. The summed E-state index contributed by atoms with van der Waals surface area (Å²) in [5.41, 5.74) is 0.699.